The van der Waals surface area contributed by atoms with E-state index in [2.05, 4.69) is 64.1 Å². The minimum absolute atomic E-state index is 0.0349. The van der Waals surface area contributed by atoms with Crippen LogP contribution in [-0.2, 0) is 16.9 Å². The van der Waals surface area contributed by atoms with Crippen LogP contribution >= 0.6 is 11.6 Å². The van der Waals surface area contributed by atoms with Gasteiger partial charge in [-0.2, -0.15) is 5.06 Å². The number of aromatic nitrogens is 2. The van der Waals surface area contributed by atoms with Crippen molar-refractivity contribution >= 4 is 22.4 Å². The number of halogens is 1. The molecule has 0 aliphatic carbocycles. The number of hydroxylamine groups is 2. The van der Waals surface area contributed by atoms with Gasteiger partial charge in [0.1, 0.15) is 6.10 Å². The maximum absolute atomic E-state index is 6.37. The fourth-order valence-electron chi connectivity index (χ4n) is 4.34. The molecule has 0 N–H and O–H groups in total. The molecule has 5 heteroatoms. The molecule has 29 heavy (non-hydrogen) atoms. The second kappa shape index (κ2) is 7.30. The van der Waals surface area contributed by atoms with Gasteiger partial charge in [-0.1, -0.05) is 60.1 Å². The second-order valence-electron chi connectivity index (χ2n) is 7.68. The average Bonchev–Trinajstić information content (AvgIpc) is 3.37. The summed E-state index contributed by atoms with van der Waals surface area (Å²) >= 11 is 6.09. The van der Waals surface area contributed by atoms with Gasteiger partial charge in [-0.25, -0.2) is 4.98 Å². The monoisotopic (exact) mass is 403 g/mol. The number of hydrogen-bond donors (Lipinski definition) is 0. The van der Waals surface area contributed by atoms with Crippen molar-refractivity contribution in [1.29, 1.82) is 0 Å². The lowest BCUT2D eigenvalue weighted by Crippen LogP contribution is -2.41. The van der Waals surface area contributed by atoms with Gasteiger partial charge in [0.2, 0.25) is 0 Å². The van der Waals surface area contributed by atoms with Gasteiger partial charge in [0.15, 0.2) is 0 Å². The van der Waals surface area contributed by atoms with E-state index in [4.69, 9.17) is 16.4 Å². The van der Waals surface area contributed by atoms with Crippen LogP contribution in [0.5, 0.6) is 0 Å². The molecule has 5 rings (SSSR count). The Hall–Kier alpha value is -2.66. The zero-order chi connectivity index (χ0) is 19.8. The van der Waals surface area contributed by atoms with E-state index in [0.29, 0.717) is 0 Å². The van der Waals surface area contributed by atoms with Crippen molar-refractivity contribution in [1.82, 2.24) is 14.6 Å². The van der Waals surface area contributed by atoms with E-state index < -0.39 is 0 Å². The maximum Gasteiger partial charge on any atom is 0.107 e. The summed E-state index contributed by atoms with van der Waals surface area (Å²) in [4.78, 5) is 10.6. The highest BCUT2D eigenvalue weighted by atomic mass is 35.5. The molecular weight excluding hydrogens is 382 g/mol. The molecule has 0 bridgehead atoms. The van der Waals surface area contributed by atoms with Crippen LogP contribution in [0.25, 0.3) is 10.8 Å². The van der Waals surface area contributed by atoms with Crippen LogP contribution in [0.2, 0.25) is 5.02 Å². The van der Waals surface area contributed by atoms with Crippen LogP contribution in [0.1, 0.15) is 23.7 Å². The molecular formula is C24H22ClN3O. The third-order valence-electron chi connectivity index (χ3n) is 5.94. The molecule has 0 spiro atoms. The molecule has 2 heterocycles. The molecule has 4 aromatic rings. The minimum atomic E-state index is -0.310. The predicted molar refractivity (Wildman–Crippen MR) is 116 cm³/mol. The molecule has 1 aliphatic heterocycles. The number of likely N-dealkylation sites (N-methyl/N-ethyl adjacent to an activating group) is 1. The largest absolute Gasteiger partial charge is 0.335 e. The smallest absolute Gasteiger partial charge is 0.107 e. The van der Waals surface area contributed by atoms with Gasteiger partial charge in [-0.15, -0.1) is 0 Å². The molecule has 1 aliphatic rings. The van der Waals surface area contributed by atoms with Crippen LogP contribution < -0.4 is 0 Å². The van der Waals surface area contributed by atoms with Crippen LogP contribution in [0.15, 0.2) is 85.5 Å². The minimum Gasteiger partial charge on any atom is -0.335 e. The first kappa shape index (κ1) is 18.4. The van der Waals surface area contributed by atoms with E-state index in [1.165, 1.54) is 16.3 Å². The standard InChI is InChI=1S/C24H22ClN3O/c1-27-24(16-28-13-12-26-17-28,15-23(29-27)19-7-10-22(25)11-8-19)21-9-6-18-4-2-3-5-20(18)14-21/h2-14,17,23H,15-16H2,1H3. The quantitative estimate of drug-likeness (QED) is 0.444. The van der Waals surface area contributed by atoms with Crippen molar-refractivity contribution in [3.63, 3.8) is 0 Å². The number of rotatable bonds is 4. The Bertz CT molecular complexity index is 1130. The van der Waals surface area contributed by atoms with E-state index >= 15 is 0 Å². The predicted octanol–water partition coefficient (Wildman–Crippen LogP) is 5.59. The first-order valence-electron chi connectivity index (χ1n) is 9.75. The van der Waals surface area contributed by atoms with Crippen molar-refractivity contribution < 1.29 is 4.84 Å². The third kappa shape index (κ3) is 3.33. The maximum atomic E-state index is 6.37. The van der Waals surface area contributed by atoms with E-state index in [0.717, 1.165) is 23.6 Å². The van der Waals surface area contributed by atoms with Crippen molar-refractivity contribution in [3.8, 4) is 0 Å². The molecule has 1 aromatic heterocycles. The molecule has 3 aromatic carbocycles. The summed E-state index contributed by atoms with van der Waals surface area (Å²) in [5.41, 5.74) is 2.06. The Balaban J connectivity index is 1.59. The molecule has 0 radical (unpaired) electrons. The third-order valence-corrected chi connectivity index (χ3v) is 6.20. The van der Waals surface area contributed by atoms with Crippen molar-refractivity contribution in [2.45, 2.75) is 24.6 Å². The van der Waals surface area contributed by atoms with Crippen molar-refractivity contribution in [2.24, 2.45) is 0 Å². The summed E-state index contributed by atoms with van der Waals surface area (Å²) in [6, 6.07) is 23.1. The summed E-state index contributed by atoms with van der Waals surface area (Å²) in [6.45, 7) is 0.756. The van der Waals surface area contributed by atoms with Crippen molar-refractivity contribution in [2.75, 3.05) is 7.05 Å². The molecule has 2 unspecified atom stereocenters. The lowest BCUT2D eigenvalue weighted by atomic mass is 9.83. The Kier molecular flexibility index (Phi) is 4.63. The molecule has 4 nitrogen and oxygen atoms in total. The molecule has 2 atom stereocenters. The van der Waals surface area contributed by atoms with E-state index in [1.807, 2.05) is 43.0 Å². The Labute approximate surface area is 175 Å². The van der Waals surface area contributed by atoms with Gasteiger partial charge >= 0.3 is 0 Å². The van der Waals surface area contributed by atoms with Crippen LogP contribution in [0, 0.1) is 0 Å². The highest BCUT2D eigenvalue weighted by molar-refractivity contribution is 6.30. The number of benzene rings is 3. The van der Waals surface area contributed by atoms with Crippen LogP contribution in [-0.4, -0.2) is 21.7 Å². The highest BCUT2D eigenvalue weighted by Crippen LogP contribution is 2.47. The zero-order valence-corrected chi connectivity index (χ0v) is 17.0. The lowest BCUT2D eigenvalue weighted by Gasteiger charge is -2.35. The fourth-order valence-corrected chi connectivity index (χ4v) is 4.46. The van der Waals surface area contributed by atoms with Gasteiger partial charge in [-0.3, -0.25) is 4.84 Å². The van der Waals surface area contributed by atoms with E-state index in [-0.39, 0.29) is 11.6 Å². The number of nitrogens with zero attached hydrogens (tertiary/aromatic N) is 3. The molecule has 0 amide bonds. The zero-order valence-electron chi connectivity index (χ0n) is 16.2. The van der Waals surface area contributed by atoms with Gasteiger partial charge in [0, 0.05) is 37.4 Å². The Morgan fingerprint density at radius 3 is 2.62 bits per heavy atom. The normalized spacial score (nSPS) is 22.3. The van der Waals surface area contributed by atoms with Crippen LogP contribution in [0.3, 0.4) is 0 Å². The average molecular weight is 404 g/mol. The fraction of sp³-hybridized carbons (Fsp3) is 0.208. The van der Waals surface area contributed by atoms with E-state index in [1.54, 1.807) is 0 Å². The summed E-state index contributed by atoms with van der Waals surface area (Å²) in [6.07, 6.45) is 6.49. The summed E-state index contributed by atoms with van der Waals surface area (Å²) in [5.74, 6) is 0. The van der Waals surface area contributed by atoms with Crippen LogP contribution in [0.4, 0.5) is 0 Å². The molecule has 1 saturated heterocycles. The molecule has 0 saturated carbocycles. The van der Waals surface area contributed by atoms with E-state index in [9.17, 15) is 0 Å². The molecule has 146 valence electrons. The first-order chi connectivity index (χ1) is 14.1. The van der Waals surface area contributed by atoms with Crippen molar-refractivity contribution in [3.05, 3.63) is 102 Å². The SMILES string of the molecule is CN1OC(c2ccc(Cl)cc2)CC1(Cn1ccnc1)c1ccc2ccccc2c1. The Morgan fingerprint density at radius 2 is 1.86 bits per heavy atom. The number of fused-ring (bicyclic) bond motifs is 1. The lowest BCUT2D eigenvalue weighted by molar-refractivity contribution is -0.176. The summed E-state index contributed by atoms with van der Waals surface area (Å²) < 4.78 is 2.12. The summed E-state index contributed by atoms with van der Waals surface area (Å²) in [7, 11) is 2.03. The number of imidazole rings is 1. The second-order valence-corrected chi connectivity index (χ2v) is 8.11. The highest BCUT2D eigenvalue weighted by Gasteiger charge is 2.47. The first-order valence-corrected chi connectivity index (χ1v) is 10.1. The van der Waals surface area contributed by atoms with Gasteiger partial charge in [0.05, 0.1) is 11.9 Å². The van der Waals surface area contributed by atoms with Gasteiger partial charge in [0.25, 0.3) is 0 Å². The Morgan fingerprint density at radius 1 is 1.07 bits per heavy atom. The summed E-state index contributed by atoms with van der Waals surface area (Å²) in [5, 5.41) is 5.23. The van der Waals surface area contributed by atoms with Gasteiger partial charge in [-0.05, 0) is 40.1 Å². The topological polar surface area (TPSA) is 30.3 Å². The molecule has 1 fully saturated rings. The number of hydrogen-bond acceptors (Lipinski definition) is 3. The van der Waals surface area contributed by atoms with Gasteiger partial charge < -0.3 is 4.57 Å².